The van der Waals surface area contributed by atoms with Gasteiger partial charge in [0.15, 0.2) is 0 Å². The highest BCUT2D eigenvalue weighted by atomic mass is 16.5. The molecule has 0 amide bonds. The van der Waals surface area contributed by atoms with E-state index in [-0.39, 0.29) is 11.7 Å². The maximum absolute atomic E-state index is 11.2. The van der Waals surface area contributed by atoms with Gasteiger partial charge in [-0.05, 0) is 24.5 Å². The second-order valence-electron chi connectivity index (χ2n) is 3.48. The largest absolute Gasteiger partial charge is 0.477 e. The summed E-state index contributed by atoms with van der Waals surface area (Å²) in [6, 6.07) is 1.39. The van der Waals surface area contributed by atoms with Gasteiger partial charge in [0, 0.05) is 12.8 Å². The topological polar surface area (TPSA) is 79.4 Å². The van der Waals surface area contributed by atoms with Crippen LogP contribution in [0, 0.1) is 0 Å². The van der Waals surface area contributed by atoms with E-state index in [9.17, 15) is 9.59 Å². The third-order valence-electron chi connectivity index (χ3n) is 2.46. The van der Waals surface area contributed by atoms with Gasteiger partial charge < -0.3 is 14.8 Å². The molecule has 1 aromatic heterocycles. The van der Waals surface area contributed by atoms with Crippen LogP contribution < -0.4 is 5.56 Å². The molecule has 0 aromatic carbocycles. The second kappa shape index (κ2) is 3.86. The SMILES string of the molecule is O=C(O)c1cc(C2CCCO2)c[nH]c1=O. The van der Waals surface area contributed by atoms with Gasteiger partial charge in [-0.3, -0.25) is 4.79 Å². The van der Waals surface area contributed by atoms with Gasteiger partial charge in [0.05, 0.1) is 6.10 Å². The molecule has 0 saturated carbocycles. The molecule has 1 unspecified atom stereocenters. The Morgan fingerprint density at radius 3 is 3.00 bits per heavy atom. The van der Waals surface area contributed by atoms with Crippen molar-refractivity contribution in [3.8, 4) is 0 Å². The van der Waals surface area contributed by atoms with Crippen molar-refractivity contribution in [1.29, 1.82) is 0 Å². The average Bonchev–Trinajstić information content (AvgIpc) is 2.71. The summed E-state index contributed by atoms with van der Waals surface area (Å²) < 4.78 is 5.40. The third kappa shape index (κ3) is 1.92. The van der Waals surface area contributed by atoms with E-state index in [1.807, 2.05) is 0 Å². The number of nitrogens with one attached hydrogen (secondary N) is 1. The van der Waals surface area contributed by atoms with Crippen LogP contribution in [0.1, 0.15) is 34.9 Å². The number of rotatable bonds is 2. The highest BCUT2D eigenvalue weighted by molar-refractivity contribution is 5.87. The first-order valence-electron chi connectivity index (χ1n) is 4.76. The van der Waals surface area contributed by atoms with E-state index in [1.54, 1.807) is 0 Å². The lowest BCUT2D eigenvalue weighted by atomic mass is 10.1. The zero-order valence-corrected chi connectivity index (χ0v) is 8.03. The highest BCUT2D eigenvalue weighted by Crippen LogP contribution is 2.27. The van der Waals surface area contributed by atoms with Crippen molar-refractivity contribution in [3.05, 3.63) is 33.7 Å². The van der Waals surface area contributed by atoms with Gasteiger partial charge >= 0.3 is 5.97 Å². The van der Waals surface area contributed by atoms with Gasteiger partial charge in [0.2, 0.25) is 0 Å². The van der Waals surface area contributed by atoms with Gasteiger partial charge in [-0.2, -0.15) is 0 Å². The van der Waals surface area contributed by atoms with Crippen LogP contribution in [0.3, 0.4) is 0 Å². The highest BCUT2D eigenvalue weighted by Gasteiger charge is 2.20. The first-order valence-corrected chi connectivity index (χ1v) is 4.76. The molecule has 0 radical (unpaired) electrons. The van der Waals surface area contributed by atoms with Crippen LogP contribution in [0.5, 0.6) is 0 Å². The molecule has 0 bridgehead atoms. The Morgan fingerprint density at radius 2 is 2.40 bits per heavy atom. The minimum Gasteiger partial charge on any atom is -0.477 e. The lowest BCUT2D eigenvalue weighted by Gasteiger charge is -2.09. The summed E-state index contributed by atoms with van der Waals surface area (Å²) in [5.41, 5.74) is -0.0863. The quantitative estimate of drug-likeness (QED) is 0.759. The molecule has 0 aliphatic carbocycles. The summed E-state index contributed by atoms with van der Waals surface area (Å²) >= 11 is 0. The predicted molar refractivity (Wildman–Crippen MR) is 51.9 cm³/mol. The van der Waals surface area contributed by atoms with Gasteiger partial charge in [-0.15, -0.1) is 0 Å². The van der Waals surface area contributed by atoms with E-state index in [4.69, 9.17) is 9.84 Å². The molecule has 1 saturated heterocycles. The number of carbonyl (C=O) groups is 1. The molecule has 1 aliphatic rings. The molecule has 1 aliphatic heterocycles. The number of H-pyrrole nitrogens is 1. The number of pyridine rings is 1. The summed E-state index contributed by atoms with van der Waals surface area (Å²) in [5.74, 6) is -1.21. The lowest BCUT2D eigenvalue weighted by Crippen LogP contribution is -2.18. The molecule has 2 heterocycles. The van der Waals surface area contributed by atoms with Crippen molar-refractivity contribution >= 4 is 5.97 Å². The van der Waals surface area contributed by atoms with E-state index >= 15 is 0 Å². The minimum atomic E-state index is -1.21. The Kier molecular flexibility index (Phi) is 2.55. The Balaban J connectivity index is 2.37. The van der Waals surface area contributed by atoms with E-state index in [0.29, 0.717) is 6.61 Å². The Morgan fingerprint density at radius 1 is 1.60 bits per heavy atom. The molecule has 15 heavy (non-hydrogen) atoms. The maximum Gasteiger partial charge on any atom is 0.341 e. The van der Waals surface area contributed by atoms with Crippen LogP contribution in [0.25, 0.3) is 0 Å². The van der Waals surface area contributed by atoms with Crippen LogP contribution in [-0.4, -0.2) is 22.7 Å². The molecule has 5 heteroatoms. The number of aromatic amines is 1. The predicted octanol–water partition coefficient (Wildman–Crippen LogP) is 0.925. The van der Waals surface area contributed by atoms with E-state index in [2.05, 4.69) is 4.98 Å². The zero-order valence-electron chi connectivity index (χ0n) is 8.03. The molecule has 2 rings (SSSR count). The molecule has 1 fully saturated rings. The number of carboxylic acids is 1. The maximum atomic E-state index is 11.2. The molecule has 80 valence electrons. The second-order valence-corrected chi connectivity index (χ2v) is 3.48. The van der Waals surface area contributed by atoms with Gasteiger partial charge in [-0.25, -0.2) is 4.79 Å². The van der Waals surface area contributed by atoms with Crippen molar-refractivity contribution in [2.45, 2.75) is 18.9 Å². The van der Waals surface area contributed by atoms with E-state index in [1.165, 1.54) is 12.3 Å². The van der Waals surface area contributed by atoms with Crippen LogP contribution in [0.15, 0.2) is 17.1 Å². The lowest BCUT2D eigenvalue weighted by molar-refractivity contribution is 0.0694. The zero-order chi connectivity index (χ0) is 10.8. The fourth-order valence-electron chi connectivity index (χ4n) is 1.69. The average molecular weight is 209 g/mol. The van der Waals surface area contributed by atoms with Crippen molar-refractivity contribution in [3.63, 3.8) is 0 Å². The fourth-order valence-corrected chi connectivity index (χ4v) is 1.69. The van der Waals surface area contributed by atoms with Crippen molar-refractivity contribution in [2.24, 2.45) is 0 Å². The third-order valence-corrected chi connectivity index (χ3v) is 2.46. The number of ether oxygens (including phenoxy) is 1. The molecule has 2 N–H and O–H groups in total. The van der Waals surface area contributed by atoms with Crippen molar-refractivity contribution < 1.29 is 14.6 Å². The molecule has 0 spiro atoms. The number of carboxylic acid groups (broad SMARTS) is 1. The summed E-state index contributed by atoms with van der Waals surface area (Å²) in [4.78, 5) is 24.3. The van der Waals surface area contributed by atoms with E-state index in [0.717, 1.165) is 18.4 Å². The van der Waals surface area contributed by atoms with Gasteiger partial charge in [0.25, 0.3) is 5.56 Å². The van der Waals surface area contributed by atoms with Crippen molar-refractivity contribution in [2.75, 3.05) is 6.61 Å². The Hall–Kier alpha value is -1.62. The minimum absolute atomic E-state index is 0.0834. The van der Waals surface area contributed by atoms with Crippen molar-refractivity contribution in [1.82, 2.24) is 4.98 Å². The number of hydrogen-bond acceptors (Lipinski definition) is 3. The van der Waals surface area contributed by atoms with Crippen LogP contribution >= 0.6 is 0 Å². The van der Waals surface area contributed by atoms with Gasteiger partial charge in [-0.1, -0.05) is 0 Å². The molecular formula is C10H11NO4. The first kappa shape index (κ1) is 9.92. The Bertz CT molecular complexity index is 431. The normalized spacial score (nSPS) is 20.4. The first-order chi connectivity index (χ1) is 7.18. The number of hydrogen-bond donors (Lipinski definition) is 2. The monoisotopic (exact) mass is 209 g/mol. The molecule has 5 nitrogen and oxygen atoms in total. The number of aromatic nitrogens is 1. The summed E-state index contributed by atoms with van der Waals surface area (Å²) in [5, 5.41) is 8.77. The van der Waals surface area contributed by atoms with Crippen LogP contribution in [0.2, 0.25) is 0 Å². The molecule has 1 atom stereocenters. The van der Waals surface area contributed by atoms with E-state index < -0.39 is 11.5 Å². The molecular weight excluding hydrogens is 198 g/mol. The summed E-state index contributed by atoms with van der Waals surface area (Å²) in [6.45, 7) is 0.687. The fraction of sp³-hybridized carbons (Fsp3) is 0.400. The Labute approximate surface area is 85.7 Å². The van der Waals surface area contributed by atoms with Crippen LogP contribution in [-0.2, 0) is 4.74 Å². The standard InChI is InChI=1S/C10H11NO4/c12-9-7(10(13)14)4-6(5-11-9)8-2-1-3-15-8/h4-5,8H,1-3H2,(H,11,12)(H,13,14). The molecule has 1 aromatic rings. The summed E-state index contributed by atoms with van der Waals surface area (Å²) in [6.07, 6.45) is 3.27. The smallest absolute Gasteiger partial charge is 0.341 e. The number of aromatic carboxylic acids is 1. The van der Waals surface area contributed by atoms with Gasteiger partial charge in [0.1, 0.15) is 5.56 Å². The summed E-state index contributed by atoms with van der Waals surface area (Å²) in [7, 11) is 0. The van der Waals surface area contributed by atoms with Crippen LogP contribution in [0.4, 0.5) is 0 Å².